The minimum atomic E-state index is 0.724. The molecule has 2 nitrogen and oxygen atoms in total. The van der Waals surface area contributed by atoms with Crippen molar-refractivity contribution in [1.29, 1.82) is 0 Å². The number of unbranched alkanes of at least 4 members (excludes halogenated alkanes) is 8. The molecular weight excluding hydrogens is 294 g/mol. The van der Waals surface area contributed by atoms with Crippen LogP contribution in [0.25, 0.3) is 6.08 Å². The molecule has 0 unspecified atom stereocenters. The molecule has 1 aromatic rings. The zero-order valence-electron chi connectivity index (χ0n) is 15.9. The normalized spacial score (nSPS) is 11.6. The van der Waals surface area contributed by atoms with Gasteiger partial charge in [-0.3, -0.25) is 0 Å². The van der Waals surface area contributed by atoms with Crippen LogP contribution < -0.4 is 0 Å². The molecule has 0 atom stereocenters. The van der Waals surface area contributed by atoms with Gasteiger partial charge in [0.15, 0.2) is 0 Å². The van der Waals surface area contributed by atoms with Crippen LogP contribution in [0.5, 0.6) is 0 Å². The molecule has 0 aliphatic rings. The third-order valence-corrected chi connectivity index (χ3v) is 4.22. The monoisotopic (exact) mass is 331 g/mol. The van der Waals surface area contributed by atoms with Gasteiger partial charge in [0.25, 0.3) is 0 Å². The van der Waals surface area contributed by atoms with Gasteiger partial charge in [-0.15, -0.1) is 0 Å². The Hall–Kier alpha value is -1.12. The molecule has 136 valence electrons. The smallest absolute Gasteiger partial charge is 0.0650 e. The van der Waals surface area contributed by atoms with Gasteiger partial charge in [-0.2, -0.15) is 0 Å². The fourth-order valence-electron chi connectivity index (χ4n) is 2.77. The van der Waals surface area contributed by atoms with E-state index in [-0.39, 0.29) is 0 Å². The first-order valence-corrected chi connectivity index (χ1v) is 9.73. The van der Waals surface area contributed by atoms with Crippen LogP contribution in [0.2, 0.25) is 0 Å². The van der Waals surface area contributed by atoms with Crippen molar-refractivity contribution in [3.05, 3.63) is 42.0 Å². The van der Waals surface area contributed by atoms with E-state index in [0.717, 1.165) is 13.2 Å². The first-order chi connectivity index (χ1) is 11.8. The van der Waals surface area contributed by atoms with E-state index < -0.39 is 0 Å². The van der Waals surface area contributed by atoms with E-state index in [1.165, 1.54) is 69.9 Å². The molecule has 1 rings (SSSR count). The van der Waals surface area contributed by atoms with Crippen LogP contribution >= 0.6 is 0 Å². The van der Waals surface area contributed by atoms with E-state index in [4.69, 9.17) is 4.74 Å². The third kappa shape index (κ3) is 13.3. The topological polar surface area (TPSA) is 12.5 Å². The van der Waals surface area contributed by atoms with Gasteiger partial charge >= 0.3 is 0 Å². The molecule has 0 N–H and O–H groups in total. The van der Waals surface area contributed by atoms with Crippen molar-refractivity contribution >= 4 is 6.08 Å². The number of rotatable bonds is 15. The molecule has 0 bridgehead atoms. The van der Waals surface area contributed by atoms with Gasteiger partial charge in [0.2, 0.25) is 0 Å². The highest BCUT2D eigenvalue weighted by atomic mass is 16.5. The molecule has 0 aromatic heterocycles. The lowest BCUT2D eigenvalue weighted by Gasteiger charge is -2.08. The van der Waals surface area contributed by atoms with Crippen LogP contribution in [0, 0.1) is 0 Å². The molecule has 0 saturated heterocycles. The van der Waals surface area contributed by atoms with Gasteiger partial charge in [0, 0.05) is 6.61 Å². The lowest BCUT2D eigenvalue weighted by atomic mass is 10.1. The zero-order chi connectivity index (χ0) is 17.3. The van der Waals surface area contributed by atoms with E-state index in [2.05, 4.69) is 55.4 Å². The third-order valence-electron chi connectivity index (χ3n) is 4.22. The molecule has 0 fully saturated rings. The maximum Gasteiger partial charge on any atom is 0.0650 e. The molecule has 0 heterocycles. The first kappa shape index (κ1) is 20.9. The molecule has 0 saturated carbocycles. The van der Waals surface area contributed by atoms with Crippen molar-refractivity contribution in [2.24, 2.45) is 0 Å². The van der Waals surface area contributed by atoms with Crippen molar-refractivity contribution < 1.29 is 4.74 Å². The highest BCUT2D eigenvalue weighted by molar-refractivity contribution is 5.48. The number of hydrogen-bond donors (Lipinski definition) is 0. The van der Waals surface area contributed by atoms with Crippen LogP contribution in [0.15, 0.2) is 36.4 Å². The summed E-state index contributed by atoms with van der Waals surface area (Å²) in [6.07, 6.45) is 16.4. The number of hydrogen-bond acceptors (Lipinski definition) is 2. The zero-order valence-corrected chi connectivity index (χ0v) is 15.9. The van der Waals surface area contributed by atoms with E-state index in [1.54, 1.807) is 0 Å². The average molecular weight is 332 g/mol. The van der Waals surface area contributed by atoms with Gasteiger partial charge in [0.1, 0.15) is 0 Å². The number of nitrogens with zero attached hydrogens (tertiary/aromatic N) is 1. The quantitative estimate of drug-likeness (QED) is 0.377. The minimum absolute atomic E-state index is 0.724. The van der Waals surface area contributed by atoms with Crippen LogP contribution in [0.4, 0.5) is 0 Å². The van der Waals surface area contributed by atoms with Crippen molar-refractivity contribution in [3.8, 4) is 0 Å². The summed E-state index contributed by atoms with van der Waals surface area (Å²) in [4.78, 5) is 2.28. The Balaban J connectivity index is 1.77. The highest BCUT2D eigenvalue weighted by Crippen LogP contribution is 2.10. The maximum atomic E-state index is 5.66. The lowest BCUT2D eigenvalue weighted by molar-refractivity contribution is 0.157. The van der Waals surface area contributed by atoms with Gasteiger partial charge in [0.05, 0.1) is 6.61 Å². The Labute approximate surface area is 149 Å². The van der Waals surface area contributed by atoms with Crippen molar-refractivity contribution in [2.75, 3.05) is 33.9 Å². The molecule has 0 aliphatic heterocycles. The Kier molecular flexibility index (Phi) is 13.4. The van der Waals surface area contributed by atoms with Gasteiger partial charge in [-0.25, -0.2) is 0 Å². The van der Waals surface area contributed by atoms with Crippen molar-refractivity contribution in [2.45, 2.75) is 57.8 Å². The second kappa shape index (κ2) is 15.4. The van der Waals surface area contributed by atoms with Crippen LogP contribution in [0.1, 0.15) is 63.4 Å². The van der Waals surface area contributed by atoms with Crippen LogP contribution in [0.3, 0.4) is 0 Å². The summed E-state index contributed by atoms with van der Waals surface area (Å²) in [5.41, 5.74) is 1.24. The Morgan fingerprint density at radius 3 is 2.00 bits per heavy atom. The summed E-state index contributed by atoms with van der Waals surface area (Å²) in [7, 11) is 4.31. The predicted octanol–water partition coefficient (Wildman–Crippen LogP) is 5.79. The summed E-state index contributed by atoms with van der Waals surface area (Å²) >= 11 is 0. The van der Waals surface area contributed by atoms with Crippen LogP contribution in [-0.2, 0) is 4.74 Å². The van der Waals surface area contributed by atoms with E-state index in [9.17, 15) is 0 Å². The standard InChI is InChI=1S/C22H37NO/c1-23(2)19-13-8-6-4-3-5-7-9-14-20-24-21-15-18-22-16-11-10-12-17-22/h10-12,15-18H,3-9,13-14,19-21H2,1-2H3. The second-order valence-corrected chi connectivity index (χ2v) is 6.87. The molecule has 0 radical (unpaired) electrons. The van der Waals surface area contributed by atoms with Gasteiger partial charge in [-0.05, 0) is 39.0 Å². The fourth-order valence-corrected chi connectivity index (χ4v) is 2.77. The van der Waals surface area contributed by atoms with Gasteiger partial charge in [-0.1, -0.05) is 87.4 Å². The summed E-state index contributed by atoms with van der Waals surface area (Å²) in [6.45, 7) is 2.85. The van der Waals surface area contributed by atoms with Crippen LogP contribution in [-0.4, -0.2) is 38.8 Å². The van der Waals surface area contributed by atoms with E-state index >= 15 is 0 Å². The summed E-state index contributed by atoms with van der Waals surface area (Å²) in [6, 6.07) is 10.4. The van der Waals surface area contributed by atoms with Gasteiger partial charge < -0.3 is 9.64 Å². The maximum absolute atomic E-state index is 5.66. The molecular formula is C22H37NO. The molecule has 1 aromatic carbocycles. The summed E-state index contributed by atoms with van der Waals surface area (Å²) < 4.78 is 5.66. The fraction of sp³-hybridized carbons (Fsp3) is 0.636. The molecule has 0 aliphatic carbocycles. The Morgan fingerprint density at radius 1 is 0.792 bits per heavy atom. The van der Waals surface area contributed by atoms with Crippen molar-refractivity contribution in [1.82, 2.24) is 4.90 Å². The second-order valence-electron chi connectivity index (χ2n) is 6.87. The Morgan fingerprint density at radius 2 is 1.38 bits per heavy atom. The van der Waals surface area contributed by atoms with E-state index in [1.807, 2.05) is 6.07 Å². The molecule has 2 heteroatoms. The number of benzene rings is 1. The Bertz CT molecular complexity index is 400. The highest BCUT2D eigenvalue weighted by Gasteiger charge is 1.94. The lowest BCUT2D eigenvalue weighted by Crippen LogP contribution is -2.12. The SMILES string of the molecule is CN(C)CCCCCCCCCCCOCC=Cc1ccccc1. The molecule has 0 amide bonds. The molecule has 0 spiro atoms. The summed E-state index contributed by atoms with van der Waals surface area (Å²) in [5, 5.41) is 0. The molecule has 24 heavy (non-hydrogen) atoms. The minimum Gasteiger partial charge on any atom is -0.377 e. The van der Waals surface area contributed by atoms with Crippen molar-refractivity contribution in [3.63, 3.8) is 0 Å². The first-order valence-electron chi connectivity index (χ1n) is 9.73. The largest absolute Gasteiger partial charge is 0.377 e. The number of ether oxygens (including phenoxy) is 1. The summed E-state index contributed by atoms with van der Waals surface area (Å²) in [5.74, 6) is 0. The predicted molar refractivity (Wildman–Crippen MR) is 106 cm³/mol. The van der Waals surface area contributed by atoms with E-state index in [0.29, 0.717) is 0 Å². The average Bonchev–Trinajstić information content (AvgIpc) is 2.59.